The number of hydrogen-bond donors (Lipinski definition) is 0. The second kappa shape index (κ2) is 6.94. The number of hydrogen-bond acceptors (Lipinski definition) is 2. The molecule has 3 heteroatoms. The van der Waals surface area contributed by atoms with Crippen molar-refractivity contribution in [2.45, 2.75) is 37.7 Å². The van der Waals surface area contributed by atoms with Crippen molar-refractivity contribution in [3.63, 3.8) is 0 Å². The van der Waals surface area contributed by atoms with Gasteiger partial charge in [-0.2, -0.15) is 0 Å². The van der Waals surface area contributed by atoms with Crippen molar-refractivity contribution < 1.29 is 9.13 Å². The van der Waals surface area contributed by atoms with Gasteiger partial charge in [-0.25, -0.2) is 4.39 Å². The van der Waals surface area contributed by atoms with Gasteiger partial charge in [0.15, 0.2) is 0 Å². The van der Waals surface area contributed by atoms with Crippen LogP contribution in [0.25, 0.3) is 0 Å². The fourth-order valence-electron chi connectivity index (χ4n) is 4.13. The Morgan fingerprint density at radius 1 is 1.04 bits per heavy atom. The average molecular weight is 325 g/mol. The summed E-state index contributed by atoms with van der Waals surface area (Å²) in [5, 5.41) is 0. The SMILES string of the molecule is Fc1ccc(O[C@H]2CCCN(CC3CCc4ccccc43)C2)cc1. The molecule has 0 amide bonds. The van der Waals surface area contributed by atoms with Gasteiger partial charge in [-0.3, -0.25) is 4.90 Å². The van der Waals surface area contributed by atoms with E-state index in [1.165, 1.54) is 37.0 Å². The zero-order valence-corrected chi connectivity index (χ0v) is 14.0. The van der Waals surface area contributed by atoms with Gasteiger partial charge in [0.1, 0.15) is 17.7 Å². The monoisotopic (exact) mass is 325 g/mol. The summed E-state index contributed by atoms with van der Waals surface area (Å²) in [6, 6.07) is 15.2. The van der Waals surface area contributed by atoms with E-state index >= 15 is 0 Å². The van der Waals surface area contributed by atoms with Crippen molar-refractivity contribution in [2.24, 2.45) is 0 Å². The topological polar surface area (TPSA) is 12.5 Å². The number of halogens is 1. The lowest BCUT2D eigenvalue weighted by Crippen LogP contribution is -2.42. The average Bonchev–Trinajstić information content (AvgIpc) is 3.01. The Morgan fingerprint density at radius 3 is 2.75 bits per heavy atom. The highest BCUT2D eigenvalue weighted by atomic mass is 19.1. The molecule has 0 bridgehead atoms. The van der Waals surface area contributed by atoms with Crippen molar-refractivity contribution in [1.29, 1.82) is 0 Å². The molecule has 1 fully saturated rings. The van der Waals surface area contributed by atoms with Crippen LogP contribution in [0, 0.1) is 5.82 Å². The minimum atomic E-state index is -0.215. The maximum atomic E-state index is 13.0. The largest absolute Gasteiger partial charge is 0.489 e. The number of piperidine rings is 1. The second-order valence-corrected chi connectivity index (χ2v) is 7.03. The Labute approximate surface area is 143 Å². The highest BCUT2D eigenvalue weighted by molar-refractivity contribution is 5.35. The van der Waals surface area contributed by atoms with E-state index in [2.05, 4.69) is 29.2 Å². The van der Waals surface area contributed by atoms with E-state index in [1.807, 2.05) is 0 Å². The molecule has 0 saturated carbocycles. The lowest BCUT2D eigenvalue weighted by Gasteiger charge is -2.34. The van der Waals surface area contributed by atoms with Gasteiger partial charge in [0.2, 0.25) is 0 Å². The van der Waals surface area contributed by atoms with E-state index in [4.69, 9.17) is 4.74 Å². The molecule has 4 rings (SSSR count). The fourth-order valence-corrected chi connectivity index (χ4v) is 4.13. The summed E-state index contributed by atoms with van der Waals surface area (Å²) >= 11 is 0. The number of benzene rings is 2. The molecule has 1 unspecified atom stereocenters. The van der Waals surface area contributed by atoms with Gasteiger partial charge < -0.3 is 4.74 Å². The molecule has 2 aromatic carbocycles. The van der Waals surface area contributed by atoms with Crippen molar-refractivity contribution in [2.75, 3.05) is 19.6 Å². The van der Waals surface area contributed by atoms with Gasteiger partial charge >= 0.3 is 0 Å². The molecule has 0 aromatic heterocycles. The summed E-state index contributed by atoms with van der Waals surface area (Å²) in [6.07, 6.45) is 4.93. The third-order valence-electron chi connectivity index (χ3n) is 5.31. The highest BCUT2D eigenvalue weighted by Gasteiger charge is 2.27. The maximum Gasteiger partial charge on any atom is 0.123 e. The standard InChI is InChI=1S/C21H24FNO/c22-18-9-11-19(12-10-18)24-20-5-3-13-23(15-20)14-17-8-7-16-4-1-2-6-21(16)17/h1-2,4,6,9-12,17,20H,3,5,7-8,13-15H2/t17?,20-/m0/s1. The quantitative estimate of drug-likeness (QED) is 0.826. The smallest absolute Gasteiger partial charge is 0.123 e. The minimum Gasteiger partial charge on any atom is -0.489 e. The molecule has 24 heavy (non-hydrogen) atoms. The Morgan fingerprint density at radius 2 is 1.88 bits per heavy atom. The fraction of sp³-hybridized carbons (Fsp3) is 0.429. The Kier molecular flexibility index (Phi) is 4.52. The van der Waals surface area contributed by atoms with Crippen LogP contribution >= 0.6 is 0 Å². The number of fused-ring (bicyclic) bond motifs is 1. The summed E-state index contributed by atoms with van der Waals surface area (Å²) in [5.41, 5.74) is 3.07. The molecule has 1 saturated heterocycles. The molecule has 2 nitrogen and oxygen atoms in total. The van der Waals surface area contributed by atoms with Crippen LogP contribution in [-0.2, 0) is 6.42 Å². The lowest BCUT2D eigenvalue weighted by molar-refractivity contribution is 0.0846. The van der Waals surface area contributed by atoms with Gasteiger partial charge in [0.25, 0.3) is 0 Å². The maximum absolute atomic E-state index is 13.0. The normalized spacial score (nSPS) is 23.9. The van der Waals surface area contributed by atoms with Gasteiger partial charge in [-0.15, -0.1) is 0 Å². The summed E-state index contributed by atoms with van der Waals surface area (Å²) in [7, 11) is 0. The van der Waals surface area contributed by atoms with E-state index < -0.39 is 0 Å². The summed E-state index contributed by atoms with van der Waals surface area (Å²) in [6.45, 7) is 3.25. The predicted octanol–water partition coefficient (Wildman–Crippen LogP) is 4.40. The summed E-state index contributed by atoms with van der Waals surface area (Å²) in [4.78, 5) is 2.55. The predicted molar refractivity (Wildman–Crippen MR) is 94.0 cm³/mol. The zero-order valence-electron chi connectivity index (χ0n) is 14.0. The van der Waals surface area contributed by atoms with Crippen molar-refractivity contribution in [3.05, 3.63) is 65.5 Å². The van der Waals surface area contributed by atoms with Crippen LogP contribution in [0.1, 0.15) is 36.3 Å². The second-order valence-electron chi connectivity index (χ2n) is 7.03. The van der Waals surface area contributed by atoms with Crippen LogP contribution in [0.4, 0.5) is 4.39 Å². The van der Waals surface area contributed by atoms with Crippen LogP contribution < -0.4 is 4.74 Å². The number of aryl methyl sites for hydroxylation is 1. The van der Waals surface area contributed by atoms with Crippen LogP contribution in [0.2, 0.25) is 0 Å². The van der Waals surface area contributed by atoms with Crippen LogP contribution in [0.15, 0.2) is 48.5 Å². The van der Waals surface area contributed by atoms with E-state index in [0.29, 0.717) is 5.92 Å². The molecule has 1 aliphatic heterocycles. The molecular formula is C21H24FNO. The first-order valence-electron chi connectivity index (χ1n) is 9.00. The van der Waals surface area contributed by atoms with Crippen LogP contribution in [0.3, 0.4) is 0 Å². The first kappa shape index (κ1) is 15.6. The first-order chi connectivity index (χ1) is 11.8. The minimum absolute atomic E-state index is 0.209. The van der Waals surface area contributed by atoms with Gasteiger partial charge in [0.05, 0.1) is 0 Å². The molecule has 2 aromatic rings. The van der Waals surface area contributed by atoms with Crippen LogP contribution in [0.5, 0.6) is 5.75 Å². The van der Waals surface area contributed by atoms with Crippen molar-refractivity contribution >= 4 is 0 Å². The van der Waals surface area contributed by atoms with E-state index in [9.17, 15) is 4.39 Å². The van der Waals surface area contributed by atoms with Gasteiger partial charge in [-0.05, 0) is 73.5 Å². The van der Waals surface area contributed by atoms with Crippen molar-refractivity contribution in [3.8, 4) is 5.75 Å². The zero-order chi connectivity index (χ0) is 16.4. The number of nitrogens with zero attached hydrogens (tertiary/aromatic N) is 1. The number of rotatable bonds is 4. The lowest BCUT2D eigenvalue weighted by atomic mass is 9.99. The molecule has 0 radical (unpaired) electrons. The summed E-state index contributed by atoms with van der Waals surface area (Å²) in [5.74, 6) is 1.22. The van der Waals surface area contributed by atoms with Crippen molar-refractivity contribution in [1.82, 2.24) is 4.90 Å². The third kappa shape index (κ3) is 3.46. The Bertz CT molecular complexity index is 684. The molecule has 0 N–H and O–H groups in total. The Hall–Kier alpha value is -1.87. The van der Waals surface area contributed by atoms with Gasteiger partial charge in [0, 0.05) is 13.1 Å². The van der Waals surface area contributed by atoms with E-state index in [-0.39, 0.29) is 11.9 Å². The molecule has 126 valence electrons. The van der Waals surface area contributed by atoms with E-state index in [1.54, 1.807) is 17.7 Å². The molecular weight excluding hydrogens is 301 g/mol. The first-order valence-corrected chi connectivity index (χ1v) is 9.00. The number of likely N-dealkylation sites (tertiary alicyclic amines) is 1. The molecule has 1 heterocycles. The van der Waals surface area contributed by atoms with Crippen LogP contribution in [-0.4, -0.2) is 30.6 Å². The highest BCUT2D eigenvalue weighted by Crippen LogP contribution is 2.34. The molecule has 1 aliphatic carbocycles. The Balaban J connectivity index is 1.36. The third-order valence-corrected chi connectivity index (χ3v) is 5.31. The molecule has 0 spiro atoms. The van der Waals surface area contributed by atoms with Gasteiger partial charge in [-0.1, -0.05) is 24.3 Å². The number of ether oxygens (including phenoxy) is 1. The summed E-state index contributed by atoms with van der Waals surface area (Å²) < 4.78 is 19.1. The van der Waals surface area contributed by atoms with E-state index in [0.717, 1.165) is 31.8 Å². The molecule has 2 aliphatic rings. The molecule has 2 atom stereocenters.